The molecule has 0 saturated heterocycles. The van der Waals surface area contributed by atoms with Crippen LogP contribution in [0.5, 0.6) is 11.5 Å². The van der Waals surface area contributed by atoms with E-state index in [1.165, 1.54) is 26.0 Å². The fraction of sp³-hybridized carbons (Fsp3) is 0.500. The highest BCUT2D eigenvalue weighted by molar-refractivity contribution is 7.88. The van der Waals surface area contributed by atoms with Gasteiger partial charge in [0.15, 0.2) is 0 Å². The van der Waals surface area contributed by atoms with Crippen LogP contribution in [-0.2, 0) is 26.8 Å². The van der Waals surface area contributed by atoms with Crippen LogP contribution in [0.2, 0.25) is 0 Å². The monoisotopic (exact) mass is 603 g/mol. The zero-order chi connectivity index (χ0) is 29.4. The van der Waals surface area contributed by atoms with Gasteiger partial charge in [-0.3, -0.25) is 0 Å². The van der Waals surface area contributed by atoms with E-state index in [-0.39, 0.29) is 17.7 Å². The van der Waals surface area contributed by atoms with E-state index in [1.54, 1.807) is 4.57 Å². The number of rotatable bonds is 11. The second-order valence-electron chi connectivity index (χ2n) is 9.06. The summed E-state index contributed by atoms with van der Waals surface area (Å²) in [5, 5.41) is 0.914. The molecule has 0 spiro atoms. The van der Waals surface area contributed by atoms with Crippen molar-refractivity contribution in [1.82, 2.24) is 4.57 Å². The van der Waals surface area contributed by atoms with E-state index in [9.17, 15) is 43.2 Å². The van der Waals surface area contributed by atoms with Gasteiger partial charge in [0.2, 0.25) is 0 Å². The number of hydrogen-bond donors (Lipinski definition) is 0. The molecule has 0 unspecified atom stereocenters. The van der Waals surface area contributed by atoms with Gasteiger partial charge in [-0.15, -0.1) is 0 Å². The van der Waals surface area contributed by atoms with Crippen molar-refractivity contribution in [3.05, 3.63) is 35.4 Å². The molecule has 7 nitrogen and oxygen atoms in total. The average molecular weight is 604 g/mol. The topological polar surface area (TPSA) is 91.7 Å². The fourth-order valence-corrected chi connectivity index (χ4v) is 5.41. The molecule has 1 aromatic heterocycles. The third-order valence-corrected chi connectivity index (χ3v) is 8.23. The number of benzene rings is 2. The van der Waals surface area contributed by atoms with Gasteiger partial charge in [0.1, 0.15) is 11.5 Å². The van der Waals surface area contributed by atoms with Crippen LogP contribution in [0, 0.1) is 13.8 Å². The van der Waals surface area contributed by atoms with E-state index < -0.39 is 42.8 Å². The molecule has 1 heterocycles. The van der Waals surface area contributed by atoms with Crippen molar-refractivity contribution in [2.75, 3.05) is 0 Å². The number of unbranched alkanes of at least 4 members (excludes halogenated alkanes) is 5. The van der Waals surface area contributed by atoms with Crippen molar-refractivity contribution < 1.29 is 51.5 Å². The van der Waals surface area contributed by atoms with Crippen molar-refractivity contribution in [2.24, 2.45) is 0 Å². The molecule has 0 aliphatic rings. The summed E-state index contributed by atoms with van der Waals surface area (Å²) < 4.78 is 135. The summed E-state index contributed by atoms with van der Waals surface area (Å²) in [6.07, 6.45) is 5.31. The Morgan fingerprint density at radius 3 is 1.44 bits per heavy atom. The lowest BCUT2D eigenvalue weighted by molar-refractivity contribution is -0.0505. The highest BCUT2D eigenvalue weighted by atomic mass is 32.2. The SMILES string of the molecule is CCCCCCCCn1c2c(C)c(OS(=O)(=O)C(F)(F)F)ccc2c2ccc(OS(=O)(=O)C(F)(F)F)c(C)c21. The molecule has 3 aromatic rings. The molecular formula is C24H27F6NO6S2. The quantitative estimate of drug-likeness (QED) is 0.0994. The van der Waals surface area contributed by atoms with Gasteiger partial charge in [-0.1, -0.05) is 39.0 Å². The first-order chi connectivity index (χ1) is 17.9. The van der Waals surface area contributed by atoms with Crippen molar-refractivity contribution in [3.63, 3.8) is 0 Å². The Balaban J connectivity index is 2.20. The lowest BCUT2D eigenvalue weighted by Crippen LogP contribution is -2.28. The molecule has 0 bridgehead atoms. The van der Waals surface area contributed by atoms with Gasteiger partial charge in [0, 0.05) is 28.4 Å². The molecule has 0 saturated carbocycles. The molecular weight excluding hydrogens is 576 g/mol. The van der Waals surface area contributed by atoms with Crippen LogP contribution >= 0.6 is 0 Å². The van der Waals surface area contributed by atoms with Crippen LogP contribution in [-0.4, -0.2) is 32.4 Å². The van der Waals surface area contributed by atoms with Crippen molar-refractivity contribution in [3.8, 4) is 11.5 Å². The first-order valence-electron chi connectivity index (χ1n) is 12.0. The number of alkyl halides is 6. The van der Waals surface area contributed by atoms with Gasteiger partial charge in [-0.05, 0) is 44.5 Å². The second-order valence-corrected chi connectivity index (χ2v) is 12.1. The third-order valence-electron chi connectivity index (χ3n) is 6.29. The normalized spacial score (nSPS) is 13.4. The van der Waals surface area contributed by atoms with Gasteiger partial charge in [-0.2, -0.15) is 43.2 Å². The maximum atomic E-state index is 13.0. The van der Waals surface area contributed by atoms with E-state index in [0.29, 0.717) is 28.2 Å². The van der Waals surface area contributed by atoms with Gasteiger partial charge < -0.3 is 12.9 Å². The molecule has 0 amide bonds. The molecule has 0 N–H and O–H groups in total. The predicted molar refractivity (Wildman–Crippen MR) is 133 cm³/mol. The van der Waals surface area contributed by atoms with Crippen LogP contribution in [0.3, 0.4) is 0 Å². The zero-order valence-electron chi connectivity index (χ0n) is 21.2. The molecule has 39 heavy (non-hydrogen) atoms. The molecule has 0 radical (unpaired) electrons. The Hall–Kier alpha value is -2.68. The largest absolute Gasteiger partial charge is 0.534 e. The van der Waals surface area contributed by atoms with Crippen LogP contribution < -0.4 is 8.37 Å². The number of aromatic nitrogens is 1. The molecule has 218 valence electrons. The molecule has 0 atom stereocenters. The number of aryl methyl sites for hydroxylation is 3. The van der Waals surface area contributed by atoms with E-state index in [2.05, 4.69) is 15.3 Å². The minimum atomic E-state index is -5.97. The Bertz CT molecular complexity index is 1470. The smallest absolute Gasteiger partial charge is 0.376 e. The van der Waals surface area contributed by atoms with Gasteiger partial charge in [-0.25, -0.2) is 0 Å². The molecule has 0 aliphatic heterocycles. The number of fused-ring (bicyclic) bond motifs is 3. The summed E-state index contributed by atoms with van der Waals surface area (Å²) in [6.45, 7) is 5.04. The van der Waals surface area contributed by atoms with Crippen molar-refractivity contribution in [1.29, 1.82) is 0 Å². The van der Waals surface area contributed by atoms with Gasteiger partial charge >= 0.3 is 31.3 Å². The molecule has 2 aromatic carbocycles. The van der Waals surface area contributed by atoms with Crippen LogP contribution in [0.1, 0.15) is 56.6 Å². The Morgan fingerprint density at radius 2 is 1.05 bits per heavy atom. The summed E-state index contributed by atoms with van der Waals surface area (Å²) >= 11 is 0. The summed E-state index contributed by atoms with van der Waals surface area (Å²) in [6, 6.07) is 4.80. The number of halogens is 6. The lowest BCUT2D eigenvalue weighted by Gasteiger charge is -2.15. The third kappa shape index (κ3) is 6.23. The maximum absolute atomic E-state index is 13.0. The second kappa shape index (κ2) is 11.1. The molecule has 0 fully saturated rings. The Morgan fingerprint density at radius 1 is 0.667 bits per heavy atom. The average Bonchev–Trinajstić information content (AvgIpc) is 3.13. The minimum absolute atomic E-state index is 0.0484. The number of nitrogens with zero attached hydrogens (tertiary/aromatic N) is 1. The maximum Gasteiger partial charge on any atom is 0.534 e. The van der Waals surface area contributed by atoms with Crippen LogP contribution in [0.15, 0.2) is 24.3 Å². The summed E-state index contributed by atoms with van der Waals surface area (Å²) in [5.74, 6) is -1.14. The first kappa shape index (κ1) is 30.9. The van der Waals surface area contributed by atoms with E-state index in [0.717, 1.165) is 44.2 Å². The highest BCUT2D eigenvalue weighted by Gasteiger charge is 2.49. The lowest BCUT2D eigenvalue weighted by atomic mass is 10.1. The van der Waals surface area contributed by atoms with E-state index in [4.69, 9.17) is 0 Å². The first-order valence-corrected chi connectivity index (χ1v) is 14.8. The van der Waals surface area contributed by atoms with E-state index >= 15 is 0 Å². The minimum Gasteiger partial charge on any atom is -0.376 e. The summed E-state index contributed by atoms with van der Waals surface area (Å²) in [5.41, 5.74) is -10.6. The summed E-state index contributed by atoms with van der Waals surface area (Å²) in [4.78, 5) is 0. The predicted octanol–water partition coefficient (Wildman–Crippen LogP) is 7.23. The Labute approximate surface area is 221 Å². The van der Waals surface area contributed by atoms with Gasteiger partial charge in [0.25, 0.3) is 0 Å². The zero-order valence-corrected chi connectivity index (χ0v) is 22.9. The van der Waals surface area contributed by atoms with Crippen LogP contribution in [0.25, 0.3) is 21.8 Å². The molecule has 0 aliphatic carbocycles. The standard InChI is InChI=1S/C24H27F6NO6S2/c1-4-5-6-7-8-9-14-31-21-15(2)19(36-38(32,33)23(25,26)27)12-10-17(21)18-11-13-20(16(3)22(18)31)37-39(34,35)24(28,29)30/h10-13H,4-9,14H2,1-3H3. The fourth-order valence-electron chi connectivity index (χ4n) is 4.39. The molecule has 3 rings (SSSR count). The van der Waals surface area contributed by atoms with Crippen molar-refractivity contribution in [2.45, 2.75) is 76.9 Å². The van der Waals surface area contributed by atoms with E-state index in [1.807, 2.05) is 0 Å². The van der Waals surface area contributed by atoms with Crippen molar-refractivity contribution >= 4 is 42.0 Å². The molecule has 15 heteroatoms. The highest BCUT2D eigenvalue weighted by Crippen LogP contribution is 2.41. The van der Waals surface area contributed by atoms with Crippen LogP contribution in [0.4, 0.5) is 26.3 Å². The summed E-state index contributed by atoms with van der Waals surface area (Å²) in [7, 11) is -11.9. The number of hydrogen-bond acceptors (Lipinski definition) is 6. The van der Waals surface area contributed by atoms with Gasteiger partial charge in [0.05, 0.1) is 11.0 Å². The Kier molecular flexibility index (Phi) is 8.75.